The number of fused-ring (bicyclic) bond motifs is 1. The normalized spacial score (nSPS) is 17.6. The van der Waals surface area contributed by atoms with Gasteiger partial charge in [0, 0.05) is 16.6 Å². The average molecular weight is 602 g/mol. The van der Waals surface area contributed by atoms with Crippen molar-refractivity contribution in [1.82, 2.24) is 20.2 Å². The van der Waals surface area contributed by atoms with Crippen LogP contribution in [0.4, 0.5) is 9.18 Å². The zero-order chi connectivity index (χ0) is 29.1. The Labute approximate surface area is 248 Å². The van der Waals surface area contributed by atoms with Gasteiger partial charge in [-0.25, -0.2) is 13.9 Å². The standard InChI is InChI=1S/C30H31Cl2FN4O4/c1-18(20-6-4-3-5-7-20)34-29(38)27-24-17-36(41-30(39)40-2)16-21(14-19-8-11-23(33)12-9-19)28(24)37(35-27)26-13-10-22(31)15-25(26)32/h8-15,18,20H,3-7,16-17H2,1-2H3,(H,34,38)/b21-14+/t18-/m1/s1. The number of halogens is 3. The van der Waals surface area contributed by atoms with Crippen molar-refractivity contribution in [3.8, 4) is 5.69 Å². The summed E-state index contributed by atoms with van der Waals surface area (Å²) >= 11 is 12.8. The number of carbonyl (C=O) groups is 2. The molecule has 0 radical (unpaired) electrons. The summed E-state index contributed by atoms with van der Waals surface area (Å²) in [6, 6.07) is 11.0. The number of nitrogens with one attached hydrogen (secondary N) is 1. The predicted octanol–water partition coefficient (Wildman–Crippen LogP) is 7.07. The van der Waals surface area contributed by atoms with E-state index < -0.39 is 6.16 Å². The molecule has 8 nitrogen and oxygen atoms in total. The lowest BCUT2D eigenvalue weighted by atomic mass is 9.84. The molecule has 1 N–H and O–H groups in total. The Bertz CT molecular complexity index is 1470. The number of nitrogens with zero attached hydrogens (tertiary/aromatic N) is 3. The number of amides is 1. The maximum atomic E-state index is 13.8. The Morgan fingerprint density at radius 1 is 1.10 bits per heavy atom. The van der Waals surface area contributed by atoms with E-state index in [4.69, 9.17) is 37.9 Å². The number of ether oxygens (including phenoxy) is 1. The lowest BCUT2D eigenvalue weighted by molar-refractivity contribution is -0.123. The van der Waals surface area contributed by atoms with Crippen molar-refractivity contribution in [2.75, 3.05) is 13.7 Å². The number of hydrogen-bond donors (Lipinski definition) is 1. The number of benzene rings is 2. The van der Waals surface area contributed by atoms with E-state index in [2.05, 4.69) is 5.32 Å². The van der Waals surface area contributed by atoms with Gasteiger partial charge in [-0.1, -0.05) is 54.6 Å². The maximum Gasteiger partial charge on any atom is 0.527 e. The fourth-order valence-electron chi connectivity index (χ4n) is 5.55. The fraction of sp³-hybridized carbons (Fsp3) is 0.367. The highest BCUT2D eigenvalue weighted by Crippen LogP contribution is 2.36. The van der Waals surface area contributed by atoms with Crippen LogP contribution in [0.25, 0.3) is 17.3 Å². The van der Waals surface area contributed by atoms with Crippen LogP contribution < -0.4 is 5.32 Å². The molecule has 3 aromatic rings. The third-order valence-corrected chi connectivity index (χ3v) is 8.16. The molecular formula is C30H31Cl2FN4O4. The Hall–Kier alpha value is -3.40. The molecule has 0 saturated heterocycles. The molecule has 2 aliphatic rings. The molecule has 1 saturated carbocycles. The molecule has 1 atom stereocenters. The number of hydroxylamine groups is 2. The maximum absolute atomic E-state index is 13.8. The molecule has 1 aromatic heterocycles. The zero-order valence-electron chi connectivity index (χ0n) is 22.8. The molecule has 1 aliphatic carbocycles. The van der Waals surface area contributed by atoms with E-state index in [1.165, 1.54) is 30.7 Å². The molecule has 0 bridgehead atoms. The summed E-state index contributed by atoms with van der Waals surface area (Å²) in [6.07, 6.45) is 6.61. The van der Waals surface area contributed by atoms with E-state index in [9.17, 15) is 14.0 Å². The van der Waals surface area contributed by atoms with Gasteiger partial charge in [-0.3, -0.25) is 4.79 Å². The number of carbonyl (C=O) groups excluding carboxylic acids is 2. The lowest BCUT2D eigenvalue weighted by Gasteiger charge is -2.29. The van der Waals surface area contributed by atoms with E-state index >= 15 is 0 Å². The van der Waals surface area contributed by atoms with Crippen molar-refractivity contribution in [3.05, 3.63) is 80.8 Å². The lowest BCUT2D eigenvalue weighted by Crippen LogP contribution is -2.40. The quantitative estimate of drug-likeness (QED) is 0.304. The van der Waals surface area contributed by atoms with Crippen molar-refractivity contribution >= 4 is 46.9 Å². The summed E-state index contributed by atoms with van der Waals surface area (Å²) in [6.45, 7) is 2.26. The van der Waals surface area contributed by atoms with Crippen molar-refractivity contribution in [2.24, 2.45) is 5.92 Å². The highest BCUT2D eigenvalue weighted by Gasteiger charge is 2.35. The van der Waals surface area contributed by atoms with Crippen LogP contribution in [0.5, 0.6) is 0 Å². The summed E-state index contributed by atoms with van der Waals surface area (Å²) in [5, 5.41) is 10.1. The Kier molecular flexibility index (Phi) is 8.97. The second-order valence-electron chi connectivity index (χ2n) is 10.4. The molecule has 0 spiro atoms. The van der Waals surface area contributed by atoms with E-state index in [1.54, 1.807) is 35.0 Å². The first-order valence-electron chi connectivity index (χ1n) is 13.6. The minimum absolute atomic E-state index is 0.0389. The molecule has 1 fully saturated rings. The predicted molar refractivity (Wildman–Crippen MR) is 155 cm³/mol. The van der Waals surface area contributed by atoms with Gasteiger partial charge < -0.3 is 14.9 Å². The van der Waals surface area contributed by atoms with E-state index in [0.29, 0.717) is 44.0 Å². The van der Waals surface area contributed by atoms with Crippen molar-refractivity contribution in [3.63, 3.8) is 0 Å². The summed E-state index contributed by atoms with van der Waals surface area (Å²) in [7, 11) is 1.22. The summed E-state index contributed by atoms with van der Waals surface area (Å²) in [5.41, 5.74) is 3.27. The largest absolute Gasteiger partial charge is 0.527 e. The molecule has 2 heterocycles. The van der Waals surface area contributed by atoms with Gasteiger partial charge in [0.15, 0.2) is 5.69 Å². The smallest absolute Gasteiger partial charge is 0.436 e. The van der Waals surface area contributed by atoms with Crippen LogP contribution in [0.1, 0.15) is 66.3 Å². The molecule has 216 valence electrons. The summed E-state index contributed by atoms with van der Waals surface area (Å²) in [4.78, 5) is 31.3. The van der Waals surface area contributed by atoms with Crippen LogP contribution in [0.3, 0.4) is 0 Å². The number of methoxy groups -OCH3 is 1. The average Bonchev–Trinajstić information content (AvgIpc) is 3.34. The van der Waals surface area contributed by atoms with Crippen LogP contribution >= 0.6 is 23.2 Å². The van der Waals surface area contributed by atoms with Gasteiger partial charge in [0.25, 0.3) is 5.91 Å². The highest BCUT2D eigenvalue weighted by atomic mass is 35.5. The Morgan fingerprint density at radius 3 is 2.51 bits per heavy atom. The van der Waals surface area contributed by atoms with Crippen molar-refractivity contribution in [1.29, 1.82) is 0 Å². The van der Waals surface area contributed by atoms with Crippen molar-refractivity contribution < 1.29 is 23.6 Å². The minimum Gasteiger partial charge on any atom is -0.436 e. The third-order valence-electron chi connectivity index (χ3n) is 7.62. The monoisotopic (exact) mass is 600 g/mol. The van der Waals surface area contributed by atoms with E-state index in [1.807, 2.05) is 13.0 Å². The minimum atomic E-state index is -0.889. The van der Waals surface area contributed by atoms with Crippen LogP contribution in [0, 0.1) is 11.7 Å². The molecule has 5 rings (SSSR count). The highest BCUT2D eigenvalue weighted by molar-refractivity contribution is 6.35. The Balaban J connectivity index is 1.63. The van der Waals surface area contributed by atoms with Gasteiger partial charge >= 0.3 is 6.16 Å². The first-order valence-corrected chi connectivity index (χ1v) is 14.3. The second kappa shape index (κ2) is 12.6. The van der Waals surface area contributed by atoms with Gasteiger partial charge in [0.05, 0.1) is 36.6 Å². The first-order chi connectivity index (χ1) is 19.7. The molecule has 0 unspecified atom stereocenters. The molecule has 11 heteroatoms. The first kappa shape index (κ1) is 29.1. The molecule has 1 aliphatic heterocycles. The number of aromatic nitrogens is 2. The summed E-state index contributed by atoms with van der Waals surface area (Å²) in [5.74, 6) is -0.301. The topological polar surface area (TPSA) is 85.7 Å². The van der Waals surface area contributed by atoms with Crippen molar-refractivity contribution in [2.45, 2.75) is 51.6 Å². The van der Waals surface area contributed by atoms with Crippen LogP contribution in [0.2, 0.25) is 10.0 Å². The number of rotatable bonds is 6. The van der Waals surface area contributed by atoms with E-state index in [0.717, 1.165) is 25.7 Å². The van der Waals surface area contributed by atoms with Gasteiger partial charge in [0.2, 0.25) is 0 Å². The SMILES string of the molecule is COC(=O)ON1C/C(=C\c2ccc(F)cc2)c2c(c(C(=O)N[C@H](C)C3CCCCC3)nn2-c2ccc(Cl)cc2Cl)C1. The fourth-order valence-corrected chi connectivity index (χ4v) is 6.03. The van der Waals surface area contributed by atoms with E-state index in [-0.39, 0.29) is 36.5 Å². The van der Waals surface area contributed by atoms with Gasteiger partial charge in [-0.05, 0) is 73.2 Å². The summed E-state index contributed by atoms with van der Waals surface area (Å²) < 4.78 is 20.0. The molecule has 1 amide bonds. The van der Waals surface area contributed by atoms with Crippen LogP contribution in [0.15, 0.2) is 42.5 Å². The van der Waals surface area contributed by atoms with Gasteiger partial charge in [-0.2, -0.15) is 5.10 Å². The molecule has 2 aromatic carbocycles. The van der Waals surface area contributed by atoms with Crippen LogP contribution in [-0.2, 0) is 16.1 Å². The number of hydrogen-bond acceptors (Lipinski definition) is 6. The third kappa shape index (κ3) is 6.58. The Morgan fingerprint density at radius 2 is 1.83 bits per heavy atom. The van der Waals surface area contributed by atoms with Gasteiger partial charge in [-0.15, -0.1) is 5.06 Å². The molecular weight excluding hydrogens is 570 g/mol. The zero-order valence-corrected chi connectivity index (χ0v) is 24.3. The second-order valence-corrected chi connectivity index (χ2v) is 11.3. The van der Waals surface area contributed by atoms with Crippen LogP contribution in [-0.4, -0.2) is 46.6 Å². The molecule has 41 heavy (non-hydrogen) atoms. The van der Waals surface area contributed by atoms with Gasteiger partial charge in [0.1, 0.15) is 5.82 Å².